The maximum absolute atomic E-state index is 12.9. The van der Waals surface area contributed by atoms with Crippen molar-refractivity contribution in [1.82, 2.24) is 4.90 Å². The van der Waals surface area contributed by atoms with Crippen LogP contribution in [0.25, 0.3) is 0 Å². The van der Waals surface area contributed by atoms with Crippen LogP contribution in [-0.4, -0.2) is 46.4 Å². The highest BCUT2D eigenvalue weighted by Gasteiger charge is 2.17. The fraction of sp³-hybridized carbons (Fsp3) is 1.00. The normalized spacial score (nSPS) is 24.2. The van der Waals surface area contributed by atoms with Crippen molar-refractivity contribution in [2.24, 2.45) is 0 Å². The summed E-state index contributed by atoms with van der Waals surface area (Å²) in [6, 6.07) is 0. The second-order valence-electron chi connectivity index (χ2n) is 3.15. The standard InChI is InChI=1S/C8H16FNOS/c1-2-8(9)7-10-3-5-12(11)6-4-10/h8H,2-7H2,1H3. The minimum Gasteiger partial charge on any atom is -0.299 e. The summed E-state index contributed by atoms with van der Waals surface area (Å²) in [5.74, 6) is 1.44. The van der Waals surface area contributed by atoms with Gasteiger partial charge < -0.3 is 0 Å². The van der Waals surface area contributed by atoms with Crippen LogP contribution >= 0.6 is 0 Å². The first-order chi connectivity index (χ1) is 5.72. The van der Waals surface area contributed by atoms with Gasteiger partial charge in [0.2, 0.25) is 0 Å². The summed E-state index contributed by atoms with van der Waals surface area (Å²) in [6.07, 6.45) is -0.129. The van der Waals surface area contributed by atoms with E-state index in [0.717, 1.165) is 24.6 Å². The van der Waals surface area contributed by atoms with Crippen molar-refractivity contribution < 1.29 is 8.60 Å². The molecule has 0 aliphatic carbocycles. The first-order valence-electron chi connectivity index (χ1n) is 4.43. The van der Waals surface area contributed by atoms with Crippen molar-refractivity contribution in [3.8, 4) is 0 Å². The highest BCUT2D eigenvalue weighted by atomic mass is 32.2. The Hall–Kier alpha value is 0.0400. The third-order valence-corrected chi connectivity index (χ3v) is 3.45. The van der Waals surface area contributed by atoms with E-state index in [0.29, 0.717) is 13.0 Å². The van der Waals surface area contributed by atoms with Crippen molar-refractivity contribution in [3.63, 3.8) is 0 Å². The van der Waals surface area contributed by atoms with Crippen LogP contribution in [0.15, 0.2) is 0 Å². The summed E-state index contributed by atoms with van der Waals surface area (Å²) in [7, 11) is -0.642. The highest BCUT2D eigenvalue weighted by Crippen LogP contribution is 2.04. The topological polar surface area (TPSA) is 20.3 Å². The number of hydrogen-bond acceptors (Lipinski definition) is 2. The maximum atomic E-state index is 12.9. The maximum Gasteiger partial charge on any atom is 0.112 e. The Morgan fingerprint density at radius 1 is 1.50 bits per heavy atom. The van der Waals surface area contributed by atoms with Crippen molar-refractivity contribution in [2.45, 2.75) is 19.5 Å². The van der Waals surface area contributed by atoms with Crippen molar-refractivity contribution >= 4 is 10.8 Å². The molecule has 1 saturated heterocycles. The molecule has 1 heterocycles. The summed E-state index contributed by atoms with van der Waals surface area (Å²) >= 11 is 0. The fourth-order valence-corrected chi connectivity index (χ4v) is 2.40. The summed E-state index contributed by atoms with van der Waals surface area (Å²) in [6.45, 7) is 3.97. The lowest BCUT2D eigenvalue weighted by Gasteiger charge is -2.26. The van der Waals surface area contributed by atoms with Crippen LogP contribution < -0.4 is 0 Å². The first kappa shape index (κ1) is 10.1. The van der Waals surface area contributed by atoms with Gasteiger partial charge in [-0.1, -0.05) is 6.92 Å². The molecule has 0 bridgehead atoms. The van der Waals surface area contributed by atoms with E-state index in [-0.39, 0.29) is 0 Å². The van der Waals surface area contributed by atoms with Crippen LogP contribution in [0.4, 0.5) is 4.39 Å². The van der Waals surface area contributed by atoms with E-state index < -0.39 is 17.0 Å². The van der Waals surface area contributed by atoms with Crippen LogP contribution in [0.5, 0.6) is 0 Å². The average Bonchev–Trinajstić information content (AvgIpc) is 2.09. The Labute approximate surface area is 75.6 Å². The zero-order chi connectivity index (χ0) is 8.97. The molecule has 2 nitrogen and oxygen atoms in total. The molecule has 1 aliphatic heterocycles. The number of alkyl halides is 1. The van der Waals surface area contributed by atoms with Gasteiger partial charge >= 0.3 is 0 Å². The van der Waals surface area contributed by atoms with Crippen LogP contribution in [-0.2, 0) is 10.8 Å². The second kappa shape index (κ2) is 4.92. The van der Waals surface area contributed by atoms with Crippen LogP contribution in [0.2, 0.25) is 0 Å². The molecule has 0 N–H and O–H groups in total. The Bertz CT molecular complexity index is 155. The molecule has 12 heavy (non-hydrogen) atoms. The lowest BCUT2D eigenvalue weighted by molar-refractivity contribution is 0.199. The molecular formula is C8H16FNOS. The Morgan fingerprint density at radius 3 is 2.58 bits per heavy atom. The minimum absolute atomic E-state index is 0.522. The average molecular weight is 193 g/mol. The largest absolute Gasteiger partial charge is 0.299 e. The molecular weight excluding hydrogens is 177 g/mol. The number of nitrogens with zero attached hydrogens (tertiary/aromatic N) is 1. The lowest BCUT2D eigenvalue weighted by atomic mass is 10.3. The molecule has 0 radical (unpaired) electrons. The Morgan fingerprint density at radius 2 is 2.08 bits per heavy atom. The zero-order valence-electron chi connectivity index (χ0n) is 7.46. The monoisotopic (exact) mass is 193 g/mol. The molecule has 0 spiro atoms. The Balaban J connectivity index is 2.21. The molecule has 0 amide bonds. The molecule has 1 aliphatic rings. The van der Waals surface area contributed by atoms with Gasteiger partial charge in [0, 0.05) is 41.9 Å². The van der Waals surface area contributed by atoms with E-state index in [1.54, 1.807) is 0 Å². The van der Waals surface area contributed by atoms with E-state index in [9.17, 15) is 8.60 Å². The van der Waals surface area contributed by atoms with Crippen molar-refractivity contribution in [3.05, 3.63) is 0 Å². The van der Waals surface area contributed by atoms with Crippen molar-refractivity contribution in [1.29, 1.82) is 0 Å². The molecule has 0 aromatic heterocycles. The van der Waals surface area contributed by atoms with E-state index in [4.69, 9.17) is 0 Å². The van der Waals surface area contributed by atoms with Gasteiger partial charge in [0.1, 0.15) is 6.17 Å². The lowest BCUT2D eigenvalue weighted by Crippen LogP contribution is -2.40. The SMILES string of the molecule is CCC(F)CN1CCS(=O)CC1. The zero-order valence-corrected chi connectivity index (χ0v) is 8.28. The summed E-state index contributed by atoms with van der Waals surface area (Å²) in [5, 5.41) is 0. The molecule has 72 valence electrons. The molecule has 4 heteroatoms. The van der Waals surface area contributed by atoms with Crippen LogP contribution in [0.1, 0.15) is 13.3 Å². The van der Waals surface area contributed by atoms with E-state index in [2.05, 4.69) is 4.90 Å². The Kier molecular flexibility index (Phi) is 4.15. The van der Waals surface area contributed by atoms with Gasteiger partial charge in [-0.25, -0.2) is 4.39 Å². The van der Waals surface area contributed by atoms with E-state index in [1.807, 2.05) is 6.92 Å². The van der Waals surface area contributed by atoms with E-state index >= 15 is 0 Å². The molecule has 0 saturated carbocycles. The molecule has 0 aromatic rings. The highest BCUT2D eigenvalue weighted by molar-refractivity contribution is 7.85. The predicted molar refractivity (Wildman–Crippen MR) is 49.5 cm³/mol. The number of halogens is 1. The van der Waals surface area contributed by atoms with Gasteiger partial charge in [-0.3, -0.25) is 9.11 Å². The van der Waals surface area contributed by atoms with Gasteiger partial charge in [0.25, 0.3) is 0 Å². The van der Waals surface area contributed by atoms with Gasteiger partial charge in [-0.15, -0.1) is 0 Å². The molecule has 0 aromatic carbocycles. The first-order valence-corrected chi connectivity index (χ1v) is 5.92. The van der Waals surface area contributed by atoms with Crippen LogP contribution in [0.3, 0.4) is 0 Å². The third kappa shape index (κ3) is 3.19. The van der Waals surface area contributed by atoms with Gasteiger partial charge in [0.15, 0.2) is 0 Å². The molecule has 1 rings (SSSR count). The minimum atomic E-state index is -0.712. The molecule has 1 fully saturated rings. The van der Waals surface area contributed by atoms with Gasteiger partial charge in [0.05, 0.1) is 0 Å². The van der Waals surface area contributed by atoms with Gasteiger partial charge in [-0.05, 0) is 6.42 Å². The van der Waals surface area contributed by atoms with Crippen LogP contribution in [0, 0.1) is 0 Å². The number of rotatable bonds is 3. The quantitative estimate of drug-likeness (QED) is 0.661. The number of hydrogen-bond donors (Lipinski definition) is 0. The third-order valence-electron chi connectivity index (χ3n) is 2.17. The molecule has 1 unspecified atom stereocenters. The smallest absolute Gasteiger partial charge is 0.112 e. The summed E-state index contributed by atoms with van der Waals surface area (Å²) < 4.78 is 23.9. The summed E-state index contributed by atoms with van der Waals surface area (Å²) in [5.41, 5.74) is 0. The fourth-order valence-electron chi connectivity index (χ4n) is 1.27. The van der Waals surface area contributed by atoms with Crippen molar-refractivity contribution in [2.75, 3.05) is 31.1 Å². The van der Waals surface area contributed by atoms with Gasteiger partial charge in [-0.2, -0.15) is 0 Å². The second-order valence-corrected chi connectivity index (χ2v) is 4.85. The predicted octanol–water partition coefficient (Wildman–Crippen LogP) is 0.799. The van der Waals surface area contributed by atoms with E-state index in [1.165, 1.54) is 0 Å². The molecule has 1 atom stereocenters. The summed E-state index contributed by atoms with van der Waals surface area (Å²) in [4.78, 5) is 2.07.